The van der Waals surface area contributed by atoms with Gasteiger partial charge < -0.3 is 0 Å². The molecule has 0 saturated carbocycles. The molecule has 6 bridgehead atoms. The van der Waals surface area contributed by atoms with Crippen molar-refractivity contribution in [3.05, 3.63) is 224 Å². The molecule has 0 radical (unpaired) electrons. The fraction of sp³-hybridized carbons (Fsp3) is 0.208. The van der Waals surface area contributed by atoms with E-state index in [1.54, 1.807) is 66.8 Å². The van der Waals surface area contributed by atoms with Crippen molar-refractivity contribution in [2.24, 2.45) is 23.7 Å². The minimum Gasteiger partial charge on any atom is -0.0620 e. The summed E-state index contributed by atoms with van der Waals surface area (Å²) < 4.78 is 0. The zero-order chi connectivity index (χ0) is 30.8. The van der Waals surface area contributed by atoms with Crippen LogP contribution >= 0.6 is 0 Å². The lowest BCUT2D eigenvalue weighted by molar-refractivity contribution is 0.0741. The fourth-order valence-electron chi connectivity index (χ4n) is 13.3. The summed E-state index contributed by atoms with van der Waals surface area (Å²) >= 11 is 0. The van der Waals surface area contributed by atoms with Crippen LogP contribution in [0.2, 0.25) is 0 Å². The highest BCUT2D eigenvalue weighted by Crippen LogP contribution is 2.77. The zero-order valence-corrected chi connectivity index (χ0v) is 26.6. The Kier molecular flexibility index (Phi) is 4.48. The number of benzene rings is 6. The Morgan fingerprint density at radius 1 is 0.229 bits per heavy atom. The van der Waals surface area contributed by atoms with Gasteiger partial charge in [0.2, 0.25) is 0 Å². The third kappa shape index (κ3) is 2.67. The van der Waals surface area contributed by atoms with Gasteiger partial charge in [-0.25, -0.2) is 0 Å². The number of allylic oxidation sites excluding steroid dienone is 2. The predicted octanol–water partition coefficient (Wildman–Crippen LogP) is 10.6. The van der Waals surface area contributed by atoms with Gasteiger partial charge in [-0.15, -0.1) is 0 Å². The minimum absolute atomic E-state index is 0.329. The molecule has 0 fully saturated rings. The Bertz CT molecular complexity index is 2130. The summed E-state index contributed by atoms with van der Waals surface area (Å²) in [6.07, 6.45) is 0. The van der Waals surface area contributed by atoms with Crippen LogP contribution in [0.4, 0.5) is 0 Å². The first kappa shape index (κ1) is 25.1. The molecular weight excluding hydrogens is 577 g/mol. The average molecular weight is 611 g/mol. The van der Waals surface area contributed by atoms with E-state index >= 15 is 0 Å². The van der Waals surface area contributed by atoms with Gasteiger partial charge in [-0.1, -0.05) is 157 Å². The second kappa shape index (κ2) is 8.55. The van der Waals surface area contributed by atoms with E-state index in [0.717, 1.165) is 0 Å². The van der Waals surface area contributed by atoms with Crippen molar-refractivity contribution in [1.82, 2.24) is 0 Å². The quantitative estimate of drug-likeness (QED) is 0.150. The van der Waals surface area contributed by atoms with Crippen LogP contribution in [-0.4, -0.2) is 0 Å². The number of hydrogen-bond donors (Lipinski definition) is 0. The van der Waals surface area contributed by atoms with E-state index in [2.05, 4.69) is 146 Å². The predicted molar refractivity (Wildman–Crippen MR) is 191 cm³/mol. The molecule has 0 spiro atoms. The largest absolute Gasteiger partial charge is 0.0620 e. The SMILES string of the molecule is c1ccc2c(c1)C1C3=C4C5c6ccccc6C(c6ccccc65)[C@H]4[C@H]4C5c6ccccc6C(c6ccccc65)[C@@H]4[C@H]3C2c2ccccc21. The van der Waals surface area contributed by atoms with E-state index in [0.29, 0.717) is 59.2 Å². The van der Waals surface area contributed by atoms with Gasteiger partial charge in [0.05, 0.1) is 0 Å². The number of rotatable bonds is 0. The van der Waals surface area contributed by atoms with Gasteiger partial charge in [-0.05, 0) is 90.4 Å². The molecule has 0 unspecified atom stereocenters. The van der Waals surface area contributed by atoms with Gasteiger partial charge in [-0.2, -0.15) is 0 Å². The highest BCUT2D eigenvalue weighted by Gasteiger charge is 2.66. The summed E-state index contributed by atoms with van der Waals surface area (Å²) in [7, 11) is 0. The topological polar surface area (TPSA) is 0 Å². The van der Waals surface area contributed by atoms with Gasteiger partial charge in [-0.3, -0.25) is 0 Å². The lowest BCUT2D eigenvalue weighted by Gasteiger charge is -2.67. The van der Waals surface area contributed by atoms with Crippen LogP contribution in [0, 0.1) is 23.7 Å². The first-order valence-electron chi connectivity index (χ1n) is 18.2. The maximum Gasteiger partial charge on any atom is 0.0311 e. The van der Waals surface area contributed by atoms with Gasteiger partial charge in [0.25, 0.3) is 0 Å². The molecule has 10 aliphatic carbocycles. The maximum absolute atomic E-state index is 2.50. The maximum atomic E-state index is 2.50. The van der Waals surface area contributed by atoms with E-state index in [4.69, 9.17) is 0 Å². The molecule has 0 saturated heterocycles. The zero-order valence-electron chi connectivity index (χ0n) is 26.6. The Labute approximate surface area is 281 Å². The van der Waals surface area contributed by atoms with Crippen molar-refractivity contribution in [2.75, 3.05) is 0 Å². The molecule has 16 rings (SSSR count). The van der Waals surface area contributed by atoms with Crippen molar-refractivity contribution < 1.29 is 0 Å². The van der Waals surface area contributed by atoms with Crippen molar-refractivity contribution >= 4 is 0 Å². The average Bonchev–Trinajstić information content (AvgIpc) is 3.17. The summed E-state index contributed by atoms with van der Waals surface area (Å²) in [5, 5.41) is 0. The highest BCUT2D eigenvalue weighted by atomic mass is 14.7. The second-order valence-corrected chi connectivity index (χ2v) is 15.7. The summed E-state index contributed by atoms with van der Waals surface area (Å²) in [6.45, 7) is 0. The minimum atomic E-state index is 0.329. The van der Waals surface area contributed by atoms with Crippen LogP contribution in [0.15, 0.2) is 157 Å². The third-order valence-electron chi connectivity index (χ3n) is 14.3. The van der Waals surface area contributed by atoms with Crippen molar-refractivity contribution in [3.8, 4) is 0 Å². The van der Waals surface area contributed by atoms with E-state index in [-0.39, 0.29) is 0 Å². The van der Waals surface area contributed by atoms with E-state index in [9.17, 15) is 0 Å². The molecule has 0 aromatic heterocycles. The number of hydrogen-bond acceptors (Lipinski definition) is 0. The van der Waals surface area contributed by atoms with Crippen LogP contribution in [0.5, 0.6) is 0 Å². The Morgan fingerprint density at radius 2 is 0.438 bits per heavy atom. The summed E-state index contributed by atoms with van der Waals surface area (Å²) in [5.74, 6) is 4.36. The molecular formula is C48H34. The van der Waals surface area contributed by atoms with Gasteiger partial charge in [0, 0.05) is 35.5 Å². The lowest BCUT2D eigenvalue weighted by atomic mass is 9.36. The fourth-order valence-corrected chi connectivity index (χ4v) is 13.3. The van der Waals surface area contributed by atoms with Gasteiger partial charge in [0.1, 0.15) is 0 Å². The van der Waals surface area contributed by atoms with E-state index < -0.39 is 0 Å². The molecule has 0 nitrogen and oxygen atoms in total. The lowest BCUT2D eigenvalue weighted by Crippen LogP contribution is -2.57. The monoisotopic (exact) mass is 610 g/mol. The van der Waals surface area contributed by atoms with E-state index in [1.165, 1.54) is 0 Å². The Hall–Kier alpha value is -4.94. The molecule has 6 aromatic carbocycles. The molecule has 0 heterocycles. The highest BCUT2D eigenvalue weighted by molar-refractivity contribution is 5.72. The van der Waals surface area contributed by atoms with Gasteiger partial charge in [0.15, 0.2) is 0 Å². The van der Waals surface area contributed by atoms with Crippen molar-refractivity contribution in [3.63, 3.8) is 0 Å². The van der Waals surface area contributed by atoms with E-state index in [1.807, 2.05) is 11.1 Å². The second-order valence-electron chi connectivity index (χ2n) is 15.7. The molecule has 4 atom stereocenters. The van der Waals surface area contributed by atoms with Gasteiger partial charge >= 0.3 is 0 Å². The molecule has 10 aliphatic rings. The van der Waals surface area contributed by atoms with Crippen LogP contribution in [0.25, 0.3) is 0 Å². The molecule has 0 N–H and O–H groups in total. The molecule has 226 valence electrons. The summed E-state index contributed by atoms with van der Waals surface area (Å²) in [6, 6.07) is 57.6. The third-order valence-corrected chi connectivity index (χ3v) is 14.3. The van der Waals surface area contributed by atoms with Crippen LogP contribution in [-0.2, 0) is 0 Å². The van der Waals surface area contributed by atoms with Crippen LogP contribution in [0.1, 0.15) is 102 Å². The molecule has 0 amide bonds. The first-order valence-corrected chi connectivity index (χ1v) is 18.2. The van der Waals surface area contributed by atoms with Crippen LogP contribution in [0.3, 0.4) is 0 Å². The Balaban J connectivity index is 1.22. The molecule has 48 heavy (non-hydrogen) atoms. The normalized spacial score (nSPS) is 32.5. The molecule has 6 aromatic rings. The van der Waals surface area contributed by atoms with Crippen LogP contribution < -0.4 is 0 Å². The summed E-state index contributed by atoms with van der Waals surface area (Å²) in [4.78, 5) is 0. The summed E-state index contributed by atoms with van der Waals surface area (Å²) in [5.41, 5.74) is 22.7. The molecule has 0 heteroatoms. The first-order chi connectivity index (χ1) is 23.9. The Morgan fingerprint density at radius 3 is 0.688 bits per heavy atom. The van der Waals surface area contributed by atoms with Crippen molar-refractivity contribution in [1.29, 1.82) is 0 Å². The molecule has 0 aliphatic heterocycles. The van der Waals surface area contributed by atoms with Crippen molar-refractivity contribution in [2.45, 2.75) is 35.5 Å². The smallest absolute Gasteiger partial charge is 0.0311 e. The standard InChI is InChI=1S/C48H34/c1-2-14-26-25(13-1)37-27-15-3-4-16-28(27)38(26)44-43(37)45-39-29-17-5-7-19-31(29)41(32-20-8-6-18-30(32)39)47(45)48-42-35-23-11-9-21-33(35)40(46(44)48)34-22-10-12-24-36(34)42/h1-24,37-46H/t37?,38?,39?,40?,41?,42?,43-,44-,45-,46+/m0/s1.